The van der Waals surface area contributed by atoms with Crippen molar-refractivity contribution < 1.29 is 14.3 Å². The van der Waals surface area contributed by atoms with Gasteiger partial charge in [0.25, 0.3) is 0 Å². The highest BCUT2D eigenvalue weighted by molar-refractivity contribution is 9.10. The van der Waals surface area contributed by atoms with Crippen molar-refractivity contribution in [3.8, 4) is 22.8 Å². The summed E-state index contributed by atoms with van der Waals surface area (Å²) in [5.74, 6) is 1.85. The molecule has 4 rings (SSSR count). The van der Waals surface area contributed by atoms with E-state index in [-0.39, 0.29) is 5.91 Å². The maximum absolute atomic E-state index is 12.6. The number of halogens is 1. The average Bonchev–Trinajstić information content (AvgIpc) is 3.22. The highest BCUT2D eigenvalue weighted by Gasteiger charge is 2.21. The van der Waals surface area contributed by atoms with Crippen LogP contribution in [0.3, 0.4) is 0 Å². The lowest BCUT2D eigenvalue weighted by atomic mass is 10.2. The third-order valence-corrected chi connectivity index (χ3v) is 6.37. The molecule has 1 fully saturated rings. The Balaban J connectivity index is 1.66. The summed E-state index contributed by atoms with van der Waals surface area (Å²) >= 11 is 4.99. The molecule has 0 saturated carbocycles. The third kappa shape index (κ3) is 4.53. The maximum Gasteiger partial charge on any atom is 0.233 e. The molecule has 2 aromatic carbocycles. The van der Waals surface area contributed by atoms with Gasteiger partial charge >= 0.3 is 0 Å². The molecule has 3 aromatic rings. The molecule has 156 valence electrons. The van der Waals surface area contributed by atoms with Crippen LogP contribution in [-0.4, -0.2) is 64.7 Å². The van der Waals surface area contributed by atoms with Gasteiger partial charge in [-0.15, -0.1) is 10.2 Å². The van der Waals surface area contributed by atoms with E-state index in [4.69, 9.17) is 9.47 Å². The second-order valence-corrected chi connectivity index (χ2v) is 8.40. The number of carbonyl (C=O) groups excluding carboxylic acids is 1. The molecule has 0 spiro atoms. The number of benzene rings is 2. The van der Waals surface area contributed by atoms with E-state index in [2.05, 4.69) is 26.1 Å². The Bertz CT molecular complexity index is 1020. The molecule has 2 heterocycles. The average molecular weight is 489 g/mol. The zero-order chi connectivity index (χ0) is 20.9. The minimum Gasteiger partial charge on any atom is -0.497 e. The number of thioether (sulfide) groups is 1. The van der Waals surface area contributed by atoms with Crippen molar-refractivity contribution >= 4 is 33.6 Å². The SMILES string of the molecule is COc1ccc(-n2c(SCC(=O)N3CCOCC3)nnc2-c2ccccc2Br)cc1. The summed E-state index contributed by atoms with van der Waals surface area (Å²) in [5.41, 5.74) is 1.82. The van der Waals surface area contributed by atoms with Crippen LogP contribution in [0.1, 0.15) is 0 Å². The molecule has 0 radical (unpaired) electrons. The van der Waals surface area contributed by atoms with Crippen molar-refractivity contribution in [2.75, 3.05) is 39.2 Å². The van der Waals surface area contributed by atoms with Crippen LogP contribution in [-0.2, 0) is 9.53 Å². The van der Waals surface area contributed by atoms with Gasteiger partial charge in [0.1, 0.15) is 5.75 Å². The highest BCUT2D eigenvalue weighted by Crippen LogP contribution is 2.32. The number of hydrogen-bond donors (Lipinski definition) is 0. The molecule has 1 aliphatic heterocycles. The van der Waals surface area contributed by atoms with Crippen LogP contribution in [0.4, 0.5) is 0 Å². The molecular weight excluding hydrogens is 468 g/mol. The second kappa shape index (κ2) is 9.63. The fraction of sp³-hybridized carbons (Fsp3) is 0.286. The van der Waals surface area contributed by atoms with Gasteiger partial charge in [-0.05, 0) is 30.3 Å². The molecule has 1 aliphatic rings. The Morgan fingerprint density at radius 3 is 2.57 bits per heavy atom. The van der Waals surface area contributed by atoms with Crippen LogP contribution in [0.15, 0.2) is 58.2 Å². The molecule has 0 aliphatic carbocycles. The summed E-state index contributed by atoms with van der Waals surface area (Å²) in [7, 11) is 1.64. The Morgan fingerprint density at radius 2 is 1.87 bits per heavy atom. The highest BCUT2D eigenvalue weighted by atomic mass is 79.9. The summed E-state index contributed by atoms with van der Waals surface area (Å²) in [6.07, 6.45) is 0. The summed E-state index contributed by atoms with van der Waals surface area (Å²) < 4.78 is 13.5. The first-order chi connectivity index (χ1) is 14.7. The van der Waals surface area contributed by atoms with Crippen LogP contribution in [0.5, 0.6) is 5.75 Å². The Kier molecular flexibility index (Phi) is 6.71. The van der Waals surface area contributed by atoms with Crippen molar-refractivity contribution in [1.82, 2.24) is 19.7 Å². The van der Waals surface area contributed by atoms with Gasteiger partial charge in [-0.3, -0.25) is 9.36 Å². The summed E-state index contributed by atoms with van der Waals surface area (Å²) in [4.78, 5) is 14.4. The second-order valence-electron chi connectivity index (χ2n) is 6.60. The first kappa shape index (κ1) is 20.9. The van der Waals surface area contributed by atoms with Gasteiger partial charge in [0, 0.05) is 28.8 Å². The molecule has 0 N–H and O–H groups in total. The van der Waals surface area contributed by atoms with E-state index in [0.29, 0.717) is 43.0 Å². The van der Waals surface area contributed by atoms with Crippen LogP contribution < -0.4 is 4.74 Å². The lowest BCUT2D eigenvalue weighted by Gasteiger charge is -2.26. The van der Waals surface area contributed by atoms with Gasteiger partial charge in [0.05, 0.1) is 26.1 Å². The fourth-order valence-corrected chi connectivity index (χ4v) is 4.49. The Labute approximate surface area is 187 Å². The van der Waals surface area contributed by atoms with E-state index in [0.717, 1.165) is 21.5 Å². The number of rotatable bonds is 6. The molecule has 1 amide bonds. The van der Waals surface area contributed by atoms with Gasteiger partial charge < -0.3 is 14.4 Å². The molecule has 0 bridgehead atoms. The first-order valence-corrected chi connectivity index (χ1v) is 11.3. The Hall–Kier alpha value is -2.36. The van der Waals surface area contributed by atoms with E-state index in [9.17, 15) is 4.79 Å². The summed E-state index contributed by atoms with van der Waals surface area (Å²) in [5, 5.41) is 9.50. The van der Waals surface area contributed by atoms with E-state index < -0.39 is 0 Å². The summed E-state index contributed by atoms with van der Waals surface area (Å²) in [6.45, 7) is 2.44. The molecule has 30 heavy (non-hydrogen) atoms. The molecular formula is C21H21BrN4O3S. The van der Waals surface area contributed by atoms with Crippen LogP contribution >= 0.6 is 27.7 Å². The molecule has 9 heteroatoms. The van der Waals surface area contributed by atoms with Gasteiger partial charge in [-0.2, -0.15) is 0 Å². The first-order valence-electron chi connectivity index (χ1n) is 9.50. The quantitative estimate of drug-likeness (QED) is 0.493. The zero-order valence-corrected chi connectivity index (χ0v) is 18.9. The van der Waals surface area contributed by atoms with Crippen molar-refractivity contribution in [1.29, 1.82) is 0 Å². The van der Waals surface area contributed by atoms with Crippen LogP contribution in [0.25, 0.3) is 17.1 Å². The molecule has 1 aromatic heterocycles. The number of hydrogen-bond acceptors (Lipinski definition) is 6. The number of aromatic nitrogens is 3. The smallest absolute Gasteiger partial charge is 0.233 e. The van der Waals surface area contributed by atoms with E-state index in [1.165, 1.54) is 11.8 Å². The van der Waals surface area contributed by atoms with Crippen LogP contribution in [0, 0.1) is 0 Å². The fourth-order valence-electron chi connectivity index (χ4n) is 3.17. The van der Waals surface area contributed by atoms with Gasteiger partial charge in [0.15, 0.2) is 11.0 Å². The van der Waals surface area contributed by atoms with Crippen molar-refractivity contribution in [3.63, 3.8) is 0 Å². The Morgan fingerprint density at radius 1 is 1.13 bits per heavy atom. The normalized spacial score (nSPS) is 14.0. The summed E-state index contributed by atoms with van der Waals surface area (Å²) in [6, 6.07) is 15.6. The number of carbonyl (C=O) groups is 1. The lowest BCUT2D eigenvalue weighted by Crippen LogP contribution is -2.41. The van der Waals surface area contributed by atoms with Crippen molar-refractivity contribution in [2.45, 2.75) is 5.16 Å². The number of ether oxygens (including phenoxy) is 2. The number of nitrogens with zero attached hydrogens (tertiary/aromatic N) is 4. The van der Waals surface area contributed by atoms with E-state index >= 15 is 0 Å². The largest absolute Gasteiger partial charge is 0.497 e. The molecule has 0 unspecified atom stereocenters. The predicted octanol–water partition coefficient (Wildman–Crippen LogP) is 3.66. The van der Waals surface area contributed by atoms with Gasteiger partial charge in [0.2, 0.25) is 5.91 Å². The minimum atomic E-state index is 0.0787. The maximum atomic E-state index is 12.6. The van der Waals surface area contributed by atoms with E-state index in [1.54, 1.807) is 7.11 Å². The van der Waals surface area contributed by atoms with Gasteiger partial charge in [-0.25, -0.2) is 0 Å². The predicted molar refractivity (Wildman–Crippen MR) is 119 cm³/mol. The molecule has 1 saturated heterocycles. The number of morpholine rings is 1. The standard InChI is InChI=1S/C21H21BrN4O3S/c1-28-16-8-6-15(7-9-16)26-20(17-4-2-3-5-18(17)22)23-24-21(26)30-14-19(27)25-10-12-29-13-11-25/h2-9H,10-14H2,1H3. The molecule has 0 atom stereocenters. The third-order valence-electron chi connectivity index (χ3n) is 4.77. The lowest BCUT2D eigenvalue weighted by molar-refractivity contribution is -0.132. The van der Waals surface area contributed by atoms with Gasteiger partial charge in [-0.1, -0.05) is 45.9 Å². The monoisotopic (exact) mass is 488 g/mol. The number of methoxy groups -OCH3 is 1. The van der Waals surface area contributed by atoms with Crippen LogP contribution in [0.2, 0.25) is 0 Å². The van der Waals surface area contributed by atoms with Crippen molar-refractivity contribution in [2.24, 2.45) is 0 Å². The molecule has 7 nitrogen and oxygen atoms in total. The van der Waals surface area contributed by atoms with E-state index in [1.807, 2.05) is 58.0 Å². The zero-order valence-electron chi connectivity index (χ0n) is 16.5. The number of amides is 1. The topological polar surface area (TPSA) is 69.5 Å². The van der Waals surface area contributed by atoms with Crippen molar-refractivity contribution in [3.05, 3.63) is 53.0 Å². The minimum absolute atomic E-state index is 0.0787.